The first kappa shape index (κ1) is 75.1. The Morgan fingerprint density at radius 3 is 0.915 bits per heavy atom. The van der Waals surface area contributed by atoms with Gasteiger partial charge >= 0.3 is 7.12 Å². The lowest BCUT2D eigenvalue weighted by Gasteiger charge is -2.30. The van der Waals surface area contributed by atoms with Gasteiger partial charge in [-0.3, -0.25) is 0 Å². The first-order valence-corrected chi connectivity index (χ1v) is 44.5. The average molecular weight is 1730 g/mol. The third kappa shape index (κ3) is 11.2. The zero-order valence-electron chi connectivity index (χ0n) is 69.5. The van der Waals surface area contributed by atoms with E-state index in [2.05, 4.69) is 295 Å². The highest BCUT2D eigenvalue weighted by molar-refractivity contribution is 9.10. The topological polar surface area (TPSA) is 145 Å². The number of fused-ring (bicyclic) bond motifs is 36. The minimum absolute atomic E-state index is 0.441. The van der Waals surface area contributed by atoms with Crippen LogP contribution < -0.4 is 5.46 Å². The molecule has 28 rings (SSSR count). The second-order valence-electron chi connectivity index (χ2n) is 33.8. The van der Waals surface area contributed by atoms with Gasteiger partial charge in [-0.2, -0.15) is 0 Å². The number of nitrogens with zero attached hydrogens (tertiary/aromatic N) is 4. The zero-order chi connectivity index (χ0) is 86.0. The molecule has 6 heterocycles. The zero-order valence-corrected chi connectivity index (χ0v) is 71.1. The second-order valence-corrected chi connectivity index (χ2v) is 34.7. The molecule has 6 aromatic heterocycles. The van der Waals surface area contributed by atoms with Crippen LogP contribution in [-0.4, -0.2) is 37.1 Å². The van der Waals surface area contributed by atoms with Crippen molar-refractivity contribution in [1.29, 1.82) is 0 Å². The van der Waals surface area contributed by atoms with E-state index in [4.69, 9.17) is 37.6 Å². The fourth-order valence-electron chi connectivity index (χ4n) is 21.6. The Balaban J connectivity index is 0.000000114. The summed E-state index contributed by atoms with van der Waals surface area (Å²) in [5.74, 6) is 1.41. The van der Waals surface area contributed by atoms with Crippen molar-refractivity contribution in [2.45, 2.75) is 10.8 Å². The summed E-state index contributed by atoms with van der Waals surface area (Å²) in [6, 6.07) is 143. The fraction of sp³-hybridized carbons (Fsp3) is 0.0169. The summed E-state index contributed by atoms with van der Waals surface area (Å²) < 4.78 is 28.0. The molecule has 2 N–H and O–H groups in total. The van der Waals surface area contributed by atoms with Gasteiger partial charge in [0.05, 0.1) is 33.6 Å². The summed E-state index contributed by atoms with van der Waals surface area (Å²) in [5, 5.41) is 29.8. The molecule has 0 aliphatic heterocycles. The molecule has 0 amide bonds. The first-order valence-electron chi connectivity index (χ1n) is 43.7. The maximum Gasteiger partial charge on any atom is 0.489 e. The summed E-state index contributed by atoms with van der Waals surface area (Å²) in [6.45, 7) is 0. The summed E-state index contributed by atoms with van der Waals surface area (Å²) in [6.07, 6.45) is 0. The van der Waals surface area contributed by atoms with Crippen LogP contribution in [-0.2, 0) is 10.8 Å². The number of hydrogen-bond acceptors (Lipinski definition) is 10. The van der Waals surface area contributed by atoms with Gasteiger partial charge in [0.15, 0.2) is 11.6 Å². The van der Waals surface area contributed by atoms with Gasteiger partial charge in [-0.1, -0.05) is 362 Å². The summed E-state index contributed by atoms with van der Waals surface area (Å²) in [7, 11) is -1.68. The van der Waals surface area contributed by atoms with Crippen molar-refractivity contribution in [2.75, 3.05) is 0 Å². The molecule has 4 aliphatic rings. The molecule has 4 aliphatic carbocycles. The molecule has 2 spiro atoms. The summed E-state index contributed by atoms with van der Waals surface area (Å²) >= 11 is 3.48. The fourth-order valence-corrected chi connectivity index (χ4v) is 21.9. The number of rotatable bonds is 8. The summed E-state index contributed by atoms with van der Waals surface area (Å²) in [5.41, 5.74) is 36.4. The monoisotopic (exact) mass is 1730 g/mol. The molecular weight excluding hydrogens is 1660 g/mol. The van der Waals surface area contributed by atoms with Gasteiger partial charge in [0, 0.05) is 103 Å². The lowest BCUT2D eigenvalue weighted by molar-refractivity contribution is 0.426. The van der Waals surface area contributed by atoms with Gasteiger partial charge in [0.25, 0.3) is 0 Å². The van der Waals surface area contributed by atoms with Gasteiger partial charge in [-0.25, -0.2) is 19.9 Å². The highest BCUT2D eigenvalue weighted by Crippen LogP contribution is 2.69. The Labute approximate surface area is 754 Å². The lowest BCUT2D eigenvalue weighted by Crippen LogP contribution is -2.33. The van der Waals surface area contributed by atoms with E-state index in [-0.39, 0.29) is 0 Å². The van der Waals surface area contributed by atoms with E-state index in [1.807, 2.05) is 133 Å². The minimum atomic E-state index is -1.68. The molecule has 0 saturated heterocycles. The van der Waals surface area contributed by atoms with E-state index in [9.17, 15) is 10.0 Å². The Morgan fingerprint density at radius 2 is 0.531 bits per heavy atom. The quantitative estimate of drug-likeness (QED) is 0.141. The van der Waals surface area contributed by atoms with Crippen molar-refractivity contribution in [2.24, 2.45) is 0 Å². The Morgan fingerprint density at radius 1 is 0.223 bits per heavy atom. The maximum absolute atomic E-state index is 10.8. The minimum Gasteiger partial charge on any atom is -0.456 e. The van der Waals surface area contributed by atoms with Crippen LogP contribution in [0.1, 0.15) is 44.5 Å². The van der Waals surface area contributed by atoms with E-state index in [0.717, 1.165) is 182 Å². The average Bonchev–Trinajstić information content (AvgIpc) is 1.49. The SMILES string of the molecule is Brc1ccc(-c2nc(-c3ccccc3)cc(-c3ccccc3)n2)cc1.OB(O)c1cc2c(c3oc4ccccc4c13)-c1c(ccc3oc4ccccc4c13)C21c2ccccc2-c2ccccc21.c1ccc(-c2cc(-c3ccccc3)nc(-c3ccc(-c4cc5c(c6oc7ccccc7c46)-c4c(ccc6oc7ccccc7c46)C54c5ccccc5-c5ccccc54)cc3)n2)cc1. The Bertz CT molecular complexity index is 8580. The Hall–Kier alpha value is -16.2. The van der Waals surface area contributed by atoms with Crippen molar-refractivity contribution in [1.82, 2.24) is 19.9 Å². The number of halogens is 1. The molecule has 24 aromatic rings. The van der Waals surface area contributed by atoms with Crippen LogP contribution >= 0.6 is 15.9 Å². The highest BCUT2D eigenvalue weighted by Gasteiger charge is 2.56. The number of hydrogen-bond donors (Lipinski definition) is 2. The van der Waals surface area contributed by atoms with Crippen LogP contribution in [0.3, 0.4) is 0 Å². The standard InChI is InChI=1S/C59H34N2O2.C37H21BO4.C22H15BrN2/c1-3-15-36(16-4-1)48-34-49(37-17-5-2-6-18-37)61-58(60-48)38-29-27-35(28-30-38)43-33-47-56(57-53(43)41-21-9-14-26-51(41)63-57)55-46(31-32-52-54(55)42-22-10-13-25-50(42)62-52)59(47)44-23-11-7-19-39(44)40-20-8-12-24-45(40)59;39-38(40)28-19-27-35(36-32(28)22-11-3-8-16-30(22)42-36)34-26(17-18-31-33(34)23-12-4-7-15-29(23)41-31)37(27)24-13-5-1-9-20(24)21-10-2-6-14-25(21)37;23-19-13-11-18(12-14-19)22-24-20(16-7-3-1-4-8-16)15-21(25-22)17-9-5-2-6-10-17/h1-34H;1-19,39-40H;1-15H. The molecule has 0 saturated carbocycles. The Kier molecular flexibility index (Phi) is 17.0. The van der Waals surface area contributed by atoms with E-state index in [0.29, 0.717) is 22.5 Å². The molecule has 12 heteroatoms. The van der Waals surface area contributed by atoms with Crippen LogP contribution in [0.4, 0.5) is 0 Å². The lowest BCUT2D eigenvalue weighted by atomic mass is 9.68. The second kappa shape index (κ2) is 29.4. The van der Waals surface area contributed by atoms with Gasteiger partial charge < -0.3 is 27.7 Å². The van der Waals surface area contributed by atoms with Crippen LogP contribution in [0.2, 0.25) is 0 Å². The molecular formula is C118H70BBrN4O6. The van der Waals surface area contributed by atoms with Crippen molar-refractivity contribution >= 4 is 116 Å². The van der Waals surface area contributed by atoms with E-state index < -0.39 is 17.9 Å². The number of furan rings is 4. The van der Waals surface area contributed by atoms with Gasteiger partial charge in [0.1, 0.15) is 44.7 Å². The van der Waals surface area contributed by atoms with E-state index in [1.165, 1.54) is 61.2 Å². The first-order chi connectivity index (χ1) is 64.2. The number of benzene rings is 18. The van der Waals surface area contributed by atoms with E-state index in [1.54, 1.807) is 0 Å². The van der Waals surface area contributed by atoms with Gasteiger partial charge in [0.2, 0.25) is 0 Å². The van der Waals surface area contributed by atoms with Crippen molar-refractivity contribution in [3.63, 3.8) is 0 Å². The van der Waals surface area contributed by atoms with Gasteiger partial charge in [-0.15, -0.1) is 0 Å². The smallest absolute Gasteiger partial charge is 0.456 e. The third-order valence-electron chi connectivity index (χ3n) is 27.0. The molecule has 0 fully saturated rings. The third-order valence-corrected chi connectivity index (χ3v) is 27.5. The highest BCUT2D eigenvalue weighted by atomic mass is 79.9. The molecule has 18 aromatic carbocycles. The van der Waals surface area contributed by atoms with Crippen LogP contribution in [0, 0.1) is 0 Å². The normalized spacial score (nSPS) is 13.0. The van der Waals surface area contributed by atoms with Crippen molar-refractivity contribution < 1.29 is 27.7 Å². The molecule has 0 bridgehead atoms. The van der Waals surface area contributed by atoms with Crippen LogP contribution in [0.25, 0.3) is 211 Å². The molecule has 10 nitrogen and oxygen atoms in total. The molecule has 130 heavy (non-hydrogen) atoms. The predicted octanol–water partition coefficient (Wildman–Crippen LogP) is 29.0. The maximum atomic E-state index is 10.8. The van der Waals surface area contributed by atoms with Gasteiger partial charge in [-0.05, 0) is 150 Å². The van der Waals surface area contributed by atoms with E-state index >= 15 is 0 Å². The molecule has 608 valence electrons. The van der Waals surface area contributed by atoms with Crippen LogP contribution in [0.15, 0.2) is 435 Å². The largest absolute Gasteiger partial charge is 0.489 e. The predicted molar refractivity (Wildman–Crippen MR) is 528 cm³/mol. The number of aromatic nitrogens is 4. The molecule has 0 unspecified atom stereocenters. The number of para-hydroxylation sites is 4. The summed E-state index contributed by atoms with van der Waals surface area (Å²) in [4.78, 5) is 19.9. The van der Waals surface area contributed by atoms with Crippen LogP contribution in [0.5, 0.6) is 0 Å². The molecule has 0 radical (unpaired) electrons. The van der Waals surface area contributed by atoms with Crippen molar-refractivity contribution in [3.8, 4) is 123 Å². The molecule has 0 atom stereocenters. The van der Waals surface area contributed by atoms with Crippen molar-refractivity contribution in [3.05, 3.63) is 461 Å².